The fraction of sp³-hybridized carbons (Fsp3) is 0.500. The summed E-state index contributed by atoms with van der Waals surface area (Å²) >= 11 is 0. The number of para-hydroxylation sites is 1. The van der Waals surface area contributed by atoms with Gasteiger partial charge in [0.05, 0.1) is 14.2 Å². The molecule has 0 spiro atoms. The molecule has 0 saturated heterocycles. The van der Waals surface area contributed by atoms with Crippen molar-refractivity contribution in [1.29, 1.82) is 0 Å². The number of ether oxygens (including phenoxy) is 2. The van der Waals surface area contributed by atoms with E-state index in [4.69, 9.17) is 19.5 Å². The first-order chi connectivity index (χ1) is 8.20. The molecule has 0 aliphatic carbocycles. The highest BCUT2D eigenvalue weighted by Gasteiger charge is 2.19. The average Bonchev–Trinajstić information content (AvgIpc) is 2.42. The van der Waals surface area contributed by atoms with Gasteiger partial charge >= 0.3 is 7.12 Å². The fourth-order valence-electron chi connectivity index (χ4n) is 1.12. The molecule has 1 aromatic carbocycles. The average molecular weight is 242 g/mol. The van der Waals surface area contributed by atoms with Crippen LogP contribution in [0.2, 0.25) is 0 Å². The van der Waals surface area contributed by atoms with Crippen LogP contribution in [-0.2, 0) is 0 Å². The molecule has 0 amide bonds. The topological polar surface area (TPSA) is 58.9 Å². The monoisotopic (exact) mass is 242 g/mol. The van der Waals surface area contributed by atoms with E-state index in [0.29, 0.717) is 17.0 Å². The van der Waals surface area contributed by atoms with Crippen LogP contribution in [0, 0.1) is 0 Å². The third-order valence-corrected chi connectivity index (χ3v) is 1.71. The standard InChI is InChI=1S/C8H11BO4.2C2H6/c1-12-7-5-3-4-6(9(10)11)8(7)13-2;2*1-2/h3-5,10-11H,1-2H3;2*1-2H3. The molecule has 0 aromatic heterocycles. The van der Waals surface area contributed by atoms with Gasteiger partial charge in [0.1, 0.15) is 0 Å². The van der Waals surface area contributed by atoms with Gasteiger partial charge < -0.3 is 19.5 Å². The van der Waals surface area contributed by atoms with Crippen molar-refractivity contribution in [1.82, 2.24) is 0 Å². The van der Waals surface area contributed by atoms with Crippen LogP contribution in [0.25, 0.3) is 0 Å². The van der Waals surface area contributed by atoms with Crippen molar-refractivity contribution in [3.05, 3.63) is 18.2 Å². The highest BCUT2D eigenvalue weighted by molar-refractivity contribution is 6.59. The Morgan fingerprint density at radius 3 is 1.82 bits per heavy atom. The van der Waals surface area contributed by atoms with Crippen LogP contribution in [0.15, 0.2) is 18.2 Å². The quantitative estimate of drug-likeness (QED) is 0.787. The summed E-state index contributed by atoms with van der Waals surface area (Å²) in [5.41, 5.74) is 0.293. The van der Waals surface area contributed by atoms with Crippen molar-refractivity contribution in [2.24, 2.45) is 0 Å². The van der Waals surface area contributed by atoms with E-state index in [2.05, 4.69) is 0 Å². The van der Waals surface area contributed by atoms with Gasteiger partial charge in [-0.25, -0.2) is 0 Å². The second-order valence-electron chi connectivity index (χ2n) is 2.46. The van der Waals surface area contributed by atoms with Crippen molar-refractivity contribution in [2.75, 3.05) is 14.2 Å². The summed E-state index contributed by atoms with van der Waals surface area (Å²) in [6.07, 6.45) is 0. The van der Waals surface area contributed by atoms with Crippen molar-refractivity contribution in [3.8, 4) is 11.5 Å². The van der Waals surface area contributed by atoms with Crippen LogP contribution in [-0.4, -0.2) is 31.4 Å². The third-order valence-electron chi connectivity index (χ3n) is 1.71. The molecular weight excluding hydrogens is 219 g/mol. The summed E-state index contributed by atoms with van der Waals surface area (Å²) in [6, 6.07) is 4.91. The maximum absolute atomic E-state index is 8.98. The Morgan fingerprint density at radius 1 is 0.941 bits per heavy atom. The molecule has 0 aliphatic heterocycles. The molecule has 0 saturated carbocycles. The molecular formula is C12H23BO4. The Morgan fingerprint density at radius 2 is 1.47 bits per heavy atom. The zero-order chi connectivity index (χ0) is 13.8. The van der Waals surface area contributed by atoms with E-state index >= 15 is 0 Å². The molecule has 0 bridgehead atoms. The maximum Gasteiger partial charge on any atom is 0.492 e. The minimum absolute atomic E-state index is 0.293. The third kappa shape index (κ3) is 5.61. The van der Waals surface area contributed by atoms with Crippen LogP contribution in [0.4, 0.5) is 0 Å². The Labute approximate surface area is 104 Å². The molecule has 5 heteroatoms. The number of rotatable bonds is 3. The largest absolute Gasteiger partial charge is 0.493 e. The Balaban J connectivity index is 0. The Bertz CT molecular complexity index is 290. The van der Waals surface area contributed by atoms with Crippen molar-refractivity contribution in [3.63, 3.8) is 0 Å². The predicted molar refractivity (Wildman–Crippen MR) is 72.1 cm³/mol. The van der Waals surface area contributed by atoms with Gasteiger partial charge in [-0.15, -0.1) is 0 Å². The van der Waals surface area contributed by atoms with Gasteiger partial charge in [-0.05, 0) is 6.07 Å². The molecule has 17 heavy (non-hydrogen) atoms. The summed E-state index contributed by atoms with van der Waals surface area (Å²) in [5, 5.41) is 18.0. The van der Waals surface area contributed by atoms with E-state index in [1.54, 1.807) is 18.2 Å². The summed E-state index contributed by atoms with van der Waals surface area (Å²) in [6.45, 7) is 8.00. The normalized spacial score (nSPS) is 8.00. The number of methoxy groups -OCH3 is 2. The SMILES string of the molecule is CC.CC.COc1cccc(B(O)O)c1OC. The van der Waals surface area contributed by atoms with Crippen LogP contribution in [0.1, 0.15) is 27.7 Å². The van der Waals surface area contributed by atoms with Crippen molar-refractivity contribution >= 4 is 12.6 Å². The van der Waals surface area contributed by atoms with E-state index in [1.807, 2.05) is 27.7 Å². The van der Waals surface area contributed by atoms with E-state index in [-0.39, 0.29) is 0 Å². The number of benzene rings is 1. The predicted octanol–water partition coefficient (Wildman–Crippen LogP) is 1.44. The Kier molecular flexibility index (Phi) is 12.1. The zero-order valence-electron chi connectivity index (χ0n) is 11.5. The highest BCUT2D eigenvalue weighted by atomic mass is 16.5. The second-order valence-corrected chi connectivity index (χ2v) is 2.46. The first-order valence-corrected chi connectivity index (χ1v) is 5.77. The summed E-state index contributed by atoms with van der Waals surface area (Å²) in [7, 11) is 1.39. The van der Waals surface area contributed by atoms with Gasteiger partial charge in [0.2, 0.25) is 0 Å². The molecule has 0 fully saturated rings. The molecule has 0 aliphatic rings. The lowest BCUT2D eigenvalue weighted by molar-refractivity contribution is 0.354. The molecule has 98 valence electrons. The smallest absolute Gasteiger partial charge is 0.492 e. The summed E-state index contributed by atoms with van der Waals surface area (Å²) in [4.78, 5) is 0. The molecule has 2 N–H and O–H groups in total. The van der Waals surface area contributed by atoms with Crippen molar-refractivity contribution in [2.45, 2.75) is 27.7 Å². The summed E-state index contributed by atoms with van der Waals surface area (Å²) < 4.78 is 9.96. The first kappa shape index (κ1) is 18.2. The minimum Gasteiger partial charge on any atom is -0.493 e. The second kappa shape index (κ2) is 11.3. The van der Waals surface area contributed by atoms with Crippen LogP contribution < -0.4 is 14.9 Å². The molecule has 0 unspecified atom stereocenters. The van der Waals surface area contributed by atoms with Crippen LogP contribution >= 0.6 is 0 Å². The van der Waals surface area contributed by atoms with Gasteiger partial charge in [0, 0.05) is 5.46 Å². The maximum atomic E-state index is 8.98. The van der Waals surface area contributed by atoms with Crippen LogP contribution in [0.3, 0.4) is 0 Å². The molecule has 0 radical (unpaired) electrons. The van der Waals surface area contributed by atoms with E-state index in [1.165, 1.54) is 14.2 Å². The number of hydrogen-bond donors (Lipinski definition) is 2. The first-order valence-electron chi connectivity index (χ1n) is 5.77. The lowest BCUT2D eigenvalue weighted by Gasteiger charge is -2.11. The number of hydrogen-bond acceptors (Lipinski definition) is 4. The van der Waals surface area contributed by atoms with Crippen LogP contribution in [0.5, 0.6) is 11.5 Å². The molecule has 0 heterocycles. The molecule has 1 rings (SSSR count). The Hall–Kier alpha value is -1.20. The van der Waals surface area contributed by atoms with Gasteiger partial charge in [-0.2, -0.15) is 0 Å². The zero-order valence-corrected chi connectivity index (χ0v) is 11.5. The molecule has 0 atom stereocenters. The molecule has 1 aromatic rings. The minimum atomic E-state index is -1.55. The van der Waals surface area contributed by atoms with E-state index in [0.717, 1.165) is 0 Å². The van der Waals surface area contributed by atoms with Gasteiger partial charge in [-0.3, -0.25) is 0 Å². The molecule has 4 nitrogen and oxygen atoms in total. The van der Waals surface area contributed by atoms with Gasteiger partial charge in [0.15, 0.2) is 11.5 Å². The van der Waals surface area contributed by atoms with E-state index in [9.17, 15) is 0 Å². The van der Waals surface area contributed by atoms with Gasteiger partial charge in [-0.1, -0.05) is 39.8 Å². The van der Waals surface area contributed by atoms with Crippen molar-refractivity contribution < 1.29 is 19.5 Å². The summed E-state index contributed by atoms with van der Waals surface area (Å²) in [5.74, 6) is 0.827. The lowest BCUT2D eigenvalue weighted by atomic mass is 9.79. The van der Waals surface area contributed by atoms with E-state index < -0.39 is 7.12 Å². The highest BCUT2D eigenvalue weighted by Crippen LogP contribution is 2.23. The lowest BCUT2D eigenvalue weighted by Crippen LogP contribution is -2.31. The van der Waals surface area contributed by atoms with Gasteiger partial charge in [0.25, 0.3) is 0 Å². The fourth-order valence-corrected chi connectivity index (χ4v) is 1.12.